The molecule has 0 aliphatic rings. The molecule has 1 aromatic heterocycles. The van der Waals surface area contributed by atoms with Crippen LogP contribution in [0.25, 0.3) is 0 Å². The Morgan fingerprint density at radius 2 is 2.00 bits per heavy atom. The van der Waals surface area contributed by atoms with Gasteiger partial charge in [-0.05, 0) is 55.6 Å². The number of ether oxygens (including phenoxy) is 1. The van der Waals surface area contributed by atoms with Crippen molar-refractivity contribution in [2.45, 2.75) is 6.54 Å². The van der Waals surface area contributed by atoms with Crippen molar-refractivity contribution in [3.05, 3.63) is 43.5 Å². The fourth-order valence-corrected chi connectivity index (χ4v) is 2.95. The van der Waals surface area contributed by atoms with Crippen molar-refractivity contribution in [2.75, 3.05) is 7.11 Å². The van der Waals surface area contributed by atoms with Gasteiger partial charge in [-0.2, -0.15) is 5.10 Å². The fourth-order valence-electron chi connectivity index (χ4n) is 1.44. The first-order valence-corrected chi connectivity index (χ1v) is 7.19. The lowest BCUT2D eigenvalue weighted by atomic mass is 10.2. The molecule has 0 spiro atoms. The Bertz CT molecular complexity index is 540. The lowest BCUT2D eigenvalue weighted by molar-refractivity contribution is 0.414. The number of hydrogen-bond acceptors (Lipinski definition) is 2. The molecule has 90 valence electrons. The Kier molecular flexibility index (Phi) is 4.27. The third-order valence-electron chi connectivity index (χ3n) is 2.27. The average Bonchev–Trinajstić information content (AvgIpc) is 2.60. The van der Waals surface area contributed by atoms with Crippen LogP contribution in [0.2, 0.25) is 0 Å². The Morgan fingerprint density at radius 1 is 1.24 bits per heavy atom. The smallest absolute Gasteiger partial charge is 0.129 e. The summed E-state index contributed by atoms with van der Waals surface area (Å²) in [4.78, 5) is 0. The van der Waals surface area contributed by atoms with E-state index in [1.807, 2.05) is 28.9 Å². The minimum atomic E-state index is 0.671. The zero-order chi connectivity index (χ0) is 12.4. The molecule has 0 unspecified atom stereocenters. The van der Waals surface area contributed by atoms with Gasteiger partial charge in [0, 0.05) is 10.5 Å². The quantitative estimate of drug-likeness (QED) is 0.737. The first-order valence-electron chi connectivity index (χ1n) is 4.81. The van der Waals surface area contributed by atoms with E-state index in [9.17, 15) is 0 Å². The minimum Gasteiger partial charge on any atom is -0.497 e. The molecule has 6 heteroatoms. The fraction of sp³-hybridized carbons (Fsp3) is 0.182. The second-order valence-electron chi connectivity index (χ2n) is 3.40. The highest BCUT2D eigenvalue weighted by Crippen LogP contribution is 2.25. The molecule has 1 aromatic carbocycles. The van der Waals surface area contributed by atoms with Crippen LogP contribution in [0.1, 0.15) is 5.56 Å². The molecular weight excluding hydrogens is 416 g/mol. The van der Waals surface area contributed by atoms with Crippen molar-refractivity contribution in [2.24, 2.45) is 0 Å². The van der Waals surface area contributed by atoms with Crippen LogP contribution in [0.15, 0.2) is 37.9 Å². The molecule has 1 heterocycles. The summed E-state index contributed by atoms with van der Waals surface area (Å²) in [5.74, 6) is 0.838. The molecule has 3 nitrogen and oxygen atoms in total. The summed E-state index contributed by atoms with van der Waals surface area (Å²) in [6, 6.07) is 7.79. The van der Waals surface area contributed by atoms with Crippen molar-refractivity contribution in [1.29, 1.82) is 0 Å². The molecule has 17 heavy (non-hydrogen) atoms. The van der Waals surface area contributed by atoms with Crippen LogP contribution in [-0.2, 0) is 6.54 Å². The second-order valence-corrected chi connectivity index (χ2v) is 5.88. The zero-order valence-corrected chi connectivity index (χ0v) is 13.7. The van der Waals surface area contributed by atoms with Crippen LogP contribution in [0.3, 0.4) is 0 Å². The van der Waals surface area contributed by atoms with Gasteiger partial charge in [-0.15, -0.1) is 0 Å². The molecule has 2 aromatic rings. The summed E-state index contributed by atoms with van der Waals surface area (Å²) >= 11 is 10.3. The number of halogens is 3. The van der Waals surface area contributed by atoms with Crippen molar-refractivity contribution >= 4 is 47.8 Å². The standard InChI is InChI=1S/C11H9Br3N2O/c1-17-8-2-3-9(12)7(4-8)6-16-11(14)5-10(13)15-16/h2-5H,6H2,1H3. The molecule has 0 fully saturated rings. The maximum Gasteiger partial charge on any atom is 0.129 e. The lowest BCUT2D eigenvalue weighted by Gasteiger charge is -2.08. The van der Waals surface area contributed by atoms with E-state index in [4.69, 9.17) is 4.74 Å². The van der Waals surface area contributed by atoms with E-state index >= 15 is 0 Å². The number of nitrogens with zero attached hydrogens (tertiary/aromatic N) is 2. The van der Waals surface area contributed by atoms with E-state index in [2.05, 4.69) is 52.9 Å². The van der Waals surface area contributed by atoms with E-state index < -0.39 is 0 Å². The number of methoxy groups -OCH3 is 1. The van der Waals surface area contributed by atoms with Gasteiger partial charge in [0.25, 0.3) is 0 Å². The van der Waals surface area contributed by atoms with E-state index in [1.54, 1.807) is 7.11 Å². The molecular formula is C11H9Br3N2O. The molecule has 0 N–H and O–H groups in total. The van der Waals surface area contributed by atoms with Gasteiger partial charge in [0.15, 0.2) is 0 Å². The van der Waals surface area contributed by atoms with Crippen molar-refractivity contribution in [3.63, 3.8) is 0 Å². The van der Waals surface area contributed by atoms with E-state index in [0.29, 0.717) is 6.54 Å². The van der Waals surface area contributed by atoms with Gasteiger partial charge in [0.1, 0.15) is 15.0 Å². The molecule has 0 radical (unpaired) electrons. The van der Waals surface area contributed by atoms with Crippen molar-refractivity contribution in [1.82, 2.24) is 9.78 Å². The van der Waals surface area contributed by atoms with Gasteiger partial charge in [0.2, 0.25) is 0 Å². The van der Waals surface area contributed by atoms with E-state index in [1.165, 1.54) is 0 Å². The minimum absolute atomic E-state index is 0.671. The predicted molar refractivity (Wildman–Crippen MR) is 77.4 cm³/mol. The molecule has 0 saturated carbocycles. The average molecular weight is 425 g/mol. The summed E-state index contributed by atoms with van der Waals surface area (Å²) in [5.41, 5.74) is 1.11. The zero-order valence-electron chi connectivity index (χ0n) is 8.95. The Hall–Kier alpha value is -0.330. The molecule has 0 bridgehead atoms. The highest BCUT2D eigenvalue weighted by molar-refractivity contribution is 9.11. The monoisotopic (exact) mass is 422 g/mol. The van der Waals surface area contributed by atoms with Gasteiger partial charge >= 0.3 is 0 Å². The van der Waals surface area contributed by atoms with Gasteiger partial charge in [-0.25, -0.2) is 0 Å². The summed E-state index contributed by atoms with van der Waals surface area (Å²) in [5, 5.41) is 4.33. The summed E-state index contributed by atoms with van der Waals surface area (Å²) in [6.45, 7) is 0.671. The Balaban J connectivity index is 2.32. The number of aromatic nitrogens is 2. The molecule has 0 atom stereocenters. The predicted octanol–water partition coefficient (Wildman–Crippen LogP) is 4.23. The number of hydrogen-bond donors (Lipinski definition) is 0. The summed E-state index contributed by atoms with van der Waals surface area (Å²) < 4.78 is 9.85. The molecule has 0 amide bonds. The highest BCUT2D eigenvalue weighted by Gasteiger charge is 2.07. The number of rotatable bonds is 3. The van der Waals surface area contributed by atoms with Crippen LogP contribution >= 0.6 is 47.8 Å². The first kappa shape index (κ1) is 13.1. The first-order chi connectivity index (χ1) is 8.10. The maximum atomic E-state index is 5.21. The largest absolute Gasteiger partial charge is 0.497 e. The van der Waals surface area contributed by atoms with Crippen LogP contribution in [0, 0.1) is 0 Å². The molecule has 0 aliphatic heterocycles. The SMILES string of the molecule is COc1ccc(Br)c(Cn2nc(Br)cc2Br)c1. The Morgan fingerprint density at radius 3 is 2.59 bits per heavy atom. The van der Waals surface area contributed by atoms with Crippen LogP contribution in [0.5, 0.6) is 5.75 Å². The molecule has 2 rings (SSSR count). The van der Waals surface area contributed by atoms with E-state index in [-0.39, 0.29) is 0 Å². The molecule has 0 aliphatic carbocycles. The second kappa shape index (κ2) is 5.54. The van der Waals surface area contributed by atoms with Gasteiger partial charge in [-0.3, -0.25) is 4.68 Å². The third-order valence-corrected chi connectivity index (χ3v) is 4.07. The van der Waals surface area contributed by atoms with E-state index in [0.717, 1.165) is 25.0 Å². The maximum absolute atomic E-state index is 5.21. The Labute approximate surface area is 125 Å². The third kappa shape index (κ3) is 3.11. The van der Waals surface area contributed by atoms with Crippen molar-refractivity contribution < 1.29 is 4.74 Å². The number of benzene rings is 1. The summed E-state index contributed by atoms with van der Waals surface area (Å²) in [7, 11) is 1.66. The molecule has 0 saturated heterocycles. The van der Waals surface area contributed by atoms with Gasteiger partial charge in [0.05, 0.1) is 13.7 Å². The normalized spacial score (nSPS) is 10.6. The van der Waals surface area contributed by atoms with Crippen LogP contribution < -0.4 is 4.74 Å². The van der Waals surface area contributed by atoms with Gasteiger partial charge < -0.3 is 4.74 Å². The topological polar surface area (TPSA) is 27.1 Å². The van der Waals surface area contributed by atoms with Crippen LogP contribution in [0.4, 0.5) is 0 Å². The lowest BCUT2D eigenvalue weighted by Crippen LogP contribution is -2.03. The highest BCUT2D eigenvalue weighted by atomic mass is 79.9. The van der Waals surface area contributed by atoms with Crippen molar-refractivity contribution in [3.8, 4) is 5.75 Å². The van der Waals surface area contributed by atoms with Gasteiger partial charge in [-0.1, -0.05) is 15.9 Å². The van der Waals surface area contributed by atoms with Crippen LogP contribution in [-0.4, -0.2) is 16.9 Å². The summed E-state index contributed by atoms with van der Waals surface area (Å²) in [6.07, 6.45) is 0.